The standard InChI is InChI=1S/C25H31BrN2O4/c1-17-13-22(11-12-23(17)26)32-16-24(29)28(15-19-7-6-10-21(14-19)31-3)18(2)25(30)27-20-8-4-5-9-20/h6-7,10-14,18,20H,4-5,8-9,15-16H2,1-3H3,(H,27,30)/t18-/m0/s1. The first-order chi connectivity index (χ1) is 15.4. The fraction of sp³-hybridized carbons (Fsp3) is 0.440. The minimum absolute atomic E-state index is 0.132. The molecule has 6 nitrogen and oxygen atoms in total. The van der Waals surface area contributed by atoms with E-state index in [1.54, 1.807) is 18.9 Å². The van der Waals surface area contributed by atoms with E-state index in [9.17, 15) is 9.59 Å². The van der Waals surface area contributed by atoms with E-state index in [0.29, 0.717) is 11.5 Å². The molecule has 1 fully saturated rings. The molecule has 3 rings (SSSR count). The lowest BCUT2D eigenvalue weighted by atomic mass is 10.1. The number of nitrogens with one attached hydrogen (secondary N) is 1. The molecule has 0 bridgehead atoms. The van der Waals surface area contributed by atoms with E-state index >= 15 is 0 Å². The maximum atomic E-state index is 13.2. The van der Waals surface area contributed by atoms with Crippen LogP contribution in [0.25, 0.3) is 0 Å². The fourth-order valence-corrected chi connectivity index (χ4v) is 4.12. The lowest BCUT2D eigenvalue weighted by Gasteiger charge is -2.29. The molecule has 2 aromatic carbocycles. The Labute approximate surface area is 198 Å². The van der Waals surface area contributed by atoms with Crippen molar-refractivity contribution >= 4 is 27.7 Å². The van der Waals surface area contributed by atoms with Gasteiger partial charge in [0.05, 0.1) is 7.11 Å². The fourth-order valence-electron chi connectivity index (χ4n) is 3.88. The van der Waals surface area contributed by atoms with Crippen molar-refractivity contribution < 1.29 is 19.1 Å². The van der Waals surface area contributed by atoms with Crippen LogP contribution in [0.4, 0.5) is 0 Å². The Morgan fingerprint density at radius 3 is 2.59 bits per heavy atom. The Kier molecular flexibility index (Phi) is 8.56. The maximum Gasteiger partial charge on any atom is 0.261 e. The average Bonchev–Trinajstić information content (AvgIpc) is 3.30. The molecule has 1 aliphatic carbocycles. The summed E-state index contributed by atoms with van der Waals surface area (Å²) in [6, 6.07) is 12.7. The molecule has 0 heterocycles. The Morgan fingerprint density at radius 1 is 1.16 bits per heavy atom. The van der Waals surface area contributed by atoms with Crippen LogP contribution in [0, 0.1) is 6.92 Å². The molecule has 1 aliphatic rings. The van der Waals surface area contributed by atoms with Gasteiger partial charge < -0.3 is 19.7 Å². The van der Waals surface area contributed by atoms with E-state index in [4.69, 9.17) is 9.47 Å². The number of carbonyl (C=O) groups is 2. The number of rotatable bonds is 9. The van der Waals surface area contributed by atoms with Gasteiger partial charge in [-0.2, -0.15) is 0 Å². The highest BCUT2D eigenvalue weighted by Crippen LogP contribution is 2.22. The summed E-state index contributed by atoms with van der Waals surface area (Å²) in [5.41, 5.74) is 1.91. The van der Waals surface area contributed by atoms with Gasteiger partial charge >= 0.3 is 0 Å². The number of benzene rings is 2. The third kappa shape index (κ3) is 6.48. The van der Waals surface area contributed by atoms with Gasteiger partial charge in [-0.1, -0.05) is 40.9 Å². The minimum atomic E-state index is -0.621. The van der Waals surface area contributed by atoms with Crippen LogP contribution in [-0.4, -0.2) is 42.5 Å². The minimum Gasteiger partial charge on any atom is -0.497 e. The zero-order valence-corrected chi connectivity index (χ0v) is 20.5. The number of halogens is 1. The van der Waals surface area contributed by atoms with Gasteiger partial charge in [-0.3, -0.25) is 9.59 Å². The first kappa shape index (κ1) is 24.1. The first-order valence-electron chi connectivity index (χ1n) is 11.0. The van der Waals surface area contributed by atoms with Gasteiger partial charge in [0.1, 0.15) is 17.5 Å². The highest BCUT2D eigenvalue weighted by atomic mass is 79.9. The van der Waals surface area contributed by atoms with Gasteiger partial charge in [-0.25, -0.2) is 0 Å². The second kappa shape index (κ2) is 11.4. The summed E-state index contributed by atoms with van der Waals surface area (Å²) in [5.74, 6) is 0.943. The van der Waals surface area contributed by atoms with E-state index in [1.165, 1.54) is 0 Å². The van der Waals surface area contributed by atoms with E-state index in [2.05, 4.69) is 21.2 Å². The van der Waals surface area contributed by atoms with Crippen LogP contribution < -0.4 is 14.8 Å². The molecular weight excluding hydrogens is 472 g/mol. The maximum absolute atomic E-state index is 13.2. The number of methoxy groups -OCH3 is 1. The highest BCUT2D eigenvalue weighted by molar-refractivity contribution is 9.10. The quantitative estimate of drug-likeness (QED) is 0.543. The lowest BCUT2D eigenvalue weighted by molar-refractivity contribution is -0.142. The Morgan fingerprint density at radius 2 is 1.91 bits per heavy atom. The van der Waals surface area contributed by atoms with Crippen LogP contribution in [0.1, 0.15) is 43.7 Å². The van der Waals surface area contributed by atoms with Gasteiger partial charge in [-0.15, -0.1) is 0 Å². The largest absolute Gasteiger partial charge is 0.497 e. The zero-order valence-electron chi connectivity index (χ0n) is 18.9. The lowest BCUT2D eigenvalue weighted by Crippen LogP contribution is -2.50. The summed E-state index contributed by atoms with van der Waals surface area (Å²) in [5, 5.41) is 3.11. The summed E-state index contributed by atoms with van der Waals surface area (Å²) >= 11 is 3.47. The number of amides is 2. The van der Waals surface area contributed by atoms with Crippen molar-refractivity contribution in [2.75, 3.05) is 13.7 Å². The second-order valence-corrected chi connectivity index (χ2v) is 9.09. The third-order valence-corrected chi connectivity index (χ3v) is 6.74. The molecule has 2 aromatic rings. The molecule has 0 radical (unpaired) electrons. The molecule has 7 heteroatoms. The van der Waals surface area contributed by atoms with Crippen LogP contribution in [0.15, 0.2) is 46.9 Å². The molecule has 172 valence electrons. The normalized spacial score (nSPS) is 14.6. The van der Waals surface area contributed by atoms with Crippen molar-refractivity contribution in [1.29, 1.82) is 0 Å². The van der Waals surface area contributed by atoms with Gasteiger partial charge in [0.15, 0.2) is 6.61 Å². The Balaban J connectivity index is 1.73. The van der Waals surface area contributed by atoms with Crippen molar-refractivity contribution in [1.82, 2.24) is 10.2 Å². The van der Waals surface area contributed by atoms with E-state index < -0.39 is 6.04 Å². The smallest absolute Gasteiger partial charge is 0.261 e. The number of ether oxygens (including phenoxy) is 2. The molecular formula is C25H31BrN2O4. The number of carbonyl (C=O) groups excluding carboxylic acids is 2. The second-order valence-electron chi connectivity index (χ2n) is 8.24. The molecule has 2 amide bonds. The number of hydrogen-bond acceptors (Lipinski definition) is 4. The molecule has 0 aliphatic heterocycles. The van der Waals surface area contributed by atoms with E-state index in [0.717, 1.165) is 41.3 Å². The molecule has 0 unspecified atom stereocenters. The Hall–Kier alpha value is -2.54. The molecule has 1 N–H and O–H groups in total. The van der Waals surface area contributed by atoms with Gasteiger partial charge in [0.25, 0.3) is 5.91 Å². The van der Waals surface area contributed by atoms with Gasteiger partial charge in [0, 0.05) is 17.1 Å². The van der Waals surface area contributed by atoms with E-state index in [1.807, 2.05) is 49.4 Å². The number of nitrogens with zero attached hydrogens (tertiary/aromatic N) is 1. The summed E-state index contributed by atoms with van der Waals surface area (Å²) in [6.45, 7) is 3.87. The van der Waals surface area contributed by atoms with Crippen LogP contribution in [0.5, 0.6) is 11.5 Å². The van der Waals surface area contributed by atoms with Crippen molar-refractivity contribution in [3.8, 4) is 11.5 Å². The van der Waals surface area contributed by atoms with Crippen molar-refractivity contribution in [2.24, 2.45) is 0 Å². The SMILES string of the molecule is COc1cccc(CN(C(=O)COc2ccc(Br)c(C)c2)[C@@H](C)C(=O)NC2CCCC2)c1. The number of hydrogen-bond donors (Lipinski definition) is 1. The predicted octanol–water partition coefficient (Wildman–Crippen LogP) is 4.62. The summed E-state index contributed by atoms with van der Waals surface area (Å²) in [7, 11) is 1.60. The molecule has 32 heavy (non-hydrogen) atoms. The molecule has 1 atom stereocenters. The topological polar surface area (TPSA) is 67.9 Å². The third-order valence-electron chi connectivity index (χ3n) is 5.85. The van der Waals surface area contributed by atoms with Gasteiger partial charge in [-0.05, 0) is 68.1 Å². The van der Waals surface area contributed by atoms with Crippen molar-refractivity contribution in [2.45, 2.75) is 58.2 Å². The molecule has 1 saturated carbocycles. The molecule has 0 spiro atoms. The van der Waals surface area contributed by atoms with E-state index in [-0.39, 0.29) is 31.0 Å². The predicted molar refractivity (Wildman–Crippen MR) is 128 cm³/mol. The monoisotopic (exact) mass is 502 g/mol. The zero-order chi connectivity index (χ0) is 23.1. The molecule has 0 aromatic heterocycles. The molecule has 0 saturated heterocycles. The van der Waals surface area contributed by atoms with Crippen molar-refractivity contribution in [3.63, 3.8) is 0 Å². The summed E-state index contributed by atoms with van der Waals surface area (Å²) < 4.78 is 12.1. The van der Waals surface area contributed by atoms with Crippen molar-refractivity contribution in [3.05, 3.63) is 58.1 Å². The summed E-state index contributed by atoms with van der Waals surface area (Å²) in [4.78, 5) is 27.7. The average molecular weight is 503 g/mol. The first-order valence-corrected chi connectivity index (χ1v) is 11.8. The Bertz CT molecular complexity index is 943. The van der Waals surface area contributed by atoms with Crippen LogP contribution in [-0.2, 0) is 16.1 Å². The van der Waals surface area contributed by atoms with Crippen LogP contribution >= 0.6 is 15.9 Å². The van der Waals surface area contributed by atoms with Crippen LogP contribution in [0.2, 0.25) is 0 Å². The number of aryl methyl sites for hydroxylation is 1. The summed E-state index contributed by atoms with van der Waals surface area (Å²) in [6.07, 6.45) is 4.25. The van der Waals surface area contributed by atoms with Crippen LogP contribution in [0.3, 0.4) is 0 Å². The highest BCUT2D eigenvalue weighted by Gasteiger charge is 2.28. The van der Waals surface area contributed by atoms with Gasteiger partial charge in [0.2, 0.25) is 5.91 Å².